The SMILES string of the molecule is CN(C1OC(C)(C)OC1Cc1ccccc1)S(=O)(=O)O. The molecule has 7 heteroatoms. The van der Waals surface area contributed by atoms with Crippen LogP contribution in [0, 0.1) is 0 Å². The van der Waals surface area contributed by atoms with Gasteiger partial charge < -0.3 is 9.47 Å². The summed E-state index contributed by atoms with van der Waals surface area (Å²) in [5.74, 6) is -0.900. The Balaban J connectivity index is 2.20. The second-order valence-corrected chi connectivity index (χ2v) is 6.72. The molecule has 1 aromatic rings. The number of benzene rings is 1. The molecule has 112 valence electrons. The molecule has 1 aliphatic heterocycles. The van der Waals surface area contributed by atoms with E-state index in [4.69, 9.17) is 14.0 Å². The minimum absolute atomic E-state index is 0.487. The maximum Gasteiger partial charge on any atom is 0.337 e. The van der Waals surface area contributed by atoms with Crippen molar-refractivity contribution < 1.29 is 22.4 Å². The third kappa shape index (κ3) is 3.56. The fourth-order valence-corrected chi connectivity index (χ4v) is 2.69. The van der Waals surface area contributed by atoms with Crippen molar-refractivity contribution in [3.8, 4) is 0 Å². The van der Waals surface area contributed by atoms with Crippen LogP contribution in [-0.2, 0) is 26.2 Å². The largest absolute Gasteiger partial charge is 0.343 e. The van der Waals surface area contributed by atoms with Crippen LogP contribution in [0.15, 0.2) is 30.3 Å². The van der Waals surface area contributed by atoms with Crippen LogP contribution in [-0.4, -0.2) is 42.4 Å². The Morgan fingerprint density at radius 3 is 2.40 bits per heavy atom. The van der Waals surface area contributed by atoms with Gasteiger partial charge in [0.25, 0.3) is 0 Å². The molecule has 1 N–H and O–H groups in total. The fourth-order valence-electron chi connectivity index (χ4n) is 2.25. The maximum absolute atomic E-state index is 11.3. The highest BCUT2D eigenvalue weighted by Crippen LogP contribution is 2.32. The monoisotopic (exact) mass is 301 g/mol. The van der Waals surface area contributed by atoms with Crippen molar-refractivity contribution in [3.63, 3.8) is 0 Å². The summed E-state index contributed by atoms with van der Waals surface area (Å²) in [6.07, 6.45) is -0.853. The van der Waals surface area contributed by atoms with E-state index in [1.807, 2.05) is 30.3 Å². The molecule has 0 aliphatic carbocycles. The van der Waals surface area contributed by atoms with E-state index in [1.165, 1.54) is 7.05 Å². The molecule has 1 saturated heterocycles. The van der Waals surface area contributed by atoms with Crippen molar-refractivity contribution in [1.82, 2.24) is 4.31 Å². The van der Waals surface area contributed by atoms with E-state index in [-0.39, 0.29) is 0 Å². The van der Waals surface area contributed by atoms with E-state index in [0.29, 0.717) is 6.42 Å². The van der Waals surface area contributed by atoms with Crippen molar-refractivity contribution in [2.24, 2.45) is 0 Å². The first kappa shape index (κ1) is 15.4. The standard InChI is InChI=1S/C13H19NO5S/c1-13(2)18-11(9-10-7-5-4-6-8-10)12(19-13)14(3)20(15,16)17/h4-8,11-12H,9H2,1-3H3,(H,15,16,17). The summed E-state index contributed by atoms with van der Waals surface area (Å²) in [5.41, 5.74) is 1.01. The lowest BCUT2D eigenvalue weighted by atomic mass is 10.1. The molecule has 0 aromatic heterocycles. The van der Waals surface area contributed by atoms with E-state index >= 15 is 0 Å². The molecule has 1 aliphatic rings. The van der Waals surface area contributed by atoms with E-state index in [1.54, 1.807) is 13.8 Å². The third-order valence-electron chi connectivity index (χ3n) is 3.16. The number of hydrogen-bond acceptors (Lipinski definition) is 4. The summed E-state index contributed by atoms with van der Waals surface area (Å²) in [4.78, 5) is 0. The molecular weight excluding hydrogens is 282 g/mol. The van der Waals surface area contributed by atoms with Crippen molar-refractivity contribution in [2.45, 2.75) is 38.4 Å². The Labute approximate surface area is 119 Å². The smallest absolute Gasteiger partial charge is 0.337 e. The fraction of sp³-hybridized carbons (Fsp3) is 0.538. The molecule has 2 atom stereocenters. The number of hydrogen-bond donors (Lipinski definition) is 1. The van der Waals surface area contributed by atoms with Gasteiger partial charge >= 0.3 is 10.3 Å². The first-order valence-corrected chi connectivity index (χ1v) is 7.69. The molecule has 0 radical (unpaired) electrons. The van der Waals surface area contributed by atoms with Gasteiger partial charge in [-0.15, -0.1) is 0 Å². The lowest BCUT2D eigenvalue weighted by Crippen LogP contribution is -2.43. The van der Waals surface area contributed by atoms with Gasteiger partial charge in [0.2, 0.25) is 0 Å². The summed E-state index contributed by atoms with van der Waals surface area (Å²) >= 11 is 0. The Morgan fingerprint density at radius 1 is 1.25 bits per heavy atom. The van der Waals surface area contributed by atoms with E-state index in [9.17, 15) is 8.42 Å². The highest BCUT2D eigenvalue weighted by atomic mass is 32.2. The first-order chi connectivity index (χ1) is 9.19. The summed E-state index contributed by atoms with van der Waals surface area (Å²) in [5, 5.41) is 0. The number of likely N-dealkylation sites (N-methyl/N-ethyl adjacent to an activating group) is 1. The maximum atomic E-state index is 11.3. The Kier molecular flexibility index (Phi) is 4.17. The van der Waals surface area contributed by atoms with E-state index in [0.717, 1.165) is 9.87 Å². The normalized spacial score (nSPS) is 26.1. The highest BCUT2D eigenvalue weighted by molar-refractivity contribution is 7.83. The van der Waals surface area contributed by atoms with Gasteiger partial charge in [0, 0.05) is 13.5 Å². The number of nitrogens with zero attached hydrogens (tertiary/aromatic N) is 1. The van der Waals surface area contributed by atoms with Crippen molar-refractivity contribution in [3.05, 3.63) is 35.9 Å². The molecule has 6 nitrogen and oxygen atoms in total. The second-order valence-electron chi connectivity index (χ2n) is 5.25. The molecule has 0 spiro atoms. The molecule has 1 fully saturated rings. The topological polar surface area (TPSA) is 76.1 Å². The number of rotatable bonds is 4. The zero-order valence-electron chi connectivity index (χ0n) is 11.7. The van der Waals surface area contributed by atoms with Crippen LogP contribution in [0.5, 0.6) is 0 Å². The average molecular weight is 301 g/mol. The summed E-state index contributed by atoms with van der Waals surface area (Å²) < 4.78 is 43.8. The molecule has 1 aromatic carbocycles. The third-order valence-corrected chi connectivity index (χ3v) is 4.10. The molecule has 0 amide bonds. The highest BCUT2D eigenvalue weighted by Gasteiger charge is 2.46. The van der Waals surface area contributed by atoms with Gasteiger partial charge in [-0.3, -0.25) is 4.55 Å². The van der Waals surface area contributed by atoms with E-state index in [2.05, 4.69) is 0 Å². The minimum Gasteiger partial charge on any atom is -0.343 e. The van der Waals surface area contributed by atoms with Gasteiger partial charge in [0.1, 0.15) is 6.10 Å². The summed E-state index contributed by atoms with van der Waals surface area (Å²) in [6, 6.07) is 9.56. The van der Waals surface area contributed by atoms with Crippen LogP contribution >= 0.6 is 0 Å². The first-order valence-electron chi connectivity index (χ1n) is 6.29. The Hall–Kier alpha value is -0.990. The van der Waals surface area contributed by atoms with Gasteiger partial charge in [0.15, 0.2) is 12.0 Å². The predicted octanol–water partition coefficient (Wildman–Crippen LogP) is 1.44. The Morgan fingerprint density at radius 2 is 1.85 bits per heavy atom. The summed E-state index contributed by atoms with van der Waals surface area (Å²) in [7, 11) is -3.07. The predicted molar refractivity (Wildman–Crippen MR) is 73.3 cm³/mol. The second kappa shape index (κ2) is 5.42. The minimum atomic E-state index is -4.33. The van der Waals surface area contributed by atoms with Crippen LogP contribution in [0.4, 0.5) is 0 Å². The molecule has 1 heterocycles. The van der Waals surface area contributed by atoms with E-state index < -0.39 is 28.4 Å². The van der Waals surface area contributed by atoms with Gasteiger partial charge in [-0.05, 0) is 19.4 Å². The summed E-state index contributed by atoms with van der Waals surface area (Å²) in [6.45, 7) is 3.42. The van der Waals surface area contributed by atoms with Crippen LogP contribution in [0.25, 0.3) is 0 Å². The van der Waals surface area contributed by atoms with Gasteiger partial charge in [-0.1, -0.05) is 30.3 Å². The zero-order valence-corrected chi connectivity index (χ0v) is 12.5. The van der Waals surface area contributed by atoms with Crippen LogP contribution < -0.4 is 0 Å². The van der Waals surface area contributed by atoms with Crippen LogP contribution in [0.1, 0.15) is 19.4 Å². The van der Waals surface area contributed by atoms with Gasteiger partial charge in [0.05, 0.1) is 0 Å². The molecule has 2 rings (SSSR count). The lowest BCUT2D eigenvalue weighted by Gasteiger charge is -2.24. The quantitative estimate of drug-likeness (QED) is 0.852. The molecule has 0 bridgehead atoms. The van der Waals surface area contributed by atoms with Crippen molar-refractivity contribution in [2.75, 3.05) is 7.05 Å². The molecule has 2 unspecified atom stereocenters. The number of ether oxygens (including phenoxy) is 2. The Bertz CT molecular complexity index is 557. The van der Waals surface area contributed by atoms with Crippen LogP contribution in [0.3, 0.4) is 0 Å². The molecular formula is C13H19NO5S. The van der Waals surface area contributed by atoms with Crippen molar-refractivity contribution >= 4 is 10.3 Å². The van der Waals surface area contributed by atoms with Gasteiger partial charge in [-0.25, -0.2) is 0 Å². The van der Waals surface area contributed by atoms with Gasteiger partial charge in [-0.2, -0.15) is 12.7 Å². The van der Waals surface area contributed by atoms with Crippen LogP contribution in [0.2, 0.25) is 0 Å². The molecule has 20 heavy (non-hydrogen) atoms. The molecule has 0 saturated carbocycles. The average Bonchev–Trinajstić information content (AvgIpc) is 2.63. The lowest BCUT2D eigenvalue weighted by molar-refractivity contribution is -0.154. The van der Waals surface area contributed by atoms with Crippen molar-refractivity contribution in [1.29, 1.82) is 0 Å². The zero-order chi connectivity index (χ0) is 15.0.